The lowest BCUT2D eigenvalue weighted by atomic mass is 10.3. The van der Waals surface area contributed by atoms with Crippen LogP contribution in [-0.4, -0.2) is 29.7 Å². The lowest BCUT2D eigenvalue weighted by molar-refractivity contribution is -0.150. The number of hydrogen-bond acceptors (Lipinski definition) is 2. The fourth-order valence-electron chi connectivity index (χ4n) is 0.551. The van der Waals surface area contributed by atoms with Crippen molar-refractivity contribution >= 4 is 17.6 Å². The Labute approximate surface area is 64.9 Å². The van der Waals surface area contributed by atoms with Crippen molar-refractivity contribution in [3.05, 3.63) is 0 Å². The maximum absolute atomic E-state index is 10.3. The topological polar surface area (TPSA) is 46.5 Å². The van der Waals surface area contributed by atoms with Gasteiger partial charge in [-0.25, -0.2) is 4.79 Å². The largest absolute Gasteiger partial charge is 0.479 e. The number of carboxylic acid groups (broad SMARTS) is 1. The maximum atomic E-state index is 10.3. The van der Waals surface area contributed by atoms with Gasteiger partial charge in [-0.05, 0) is 6.42 Å². The molecule has 1 N–H and O–H groups in total. The molecule has 3 nitrogen and oxygen atoms in total. The minimum absolute atomic E-state index is 0.298. The third-order valence-electron chi connectivity index (χ3n) is 1.04. The molecule has 0 aromatic carbocycles. The predicted molar refractivity (Wildman–Crippen MR) is 38.4 cm³/mol. The monoisotopic (exact) mass is 166 g/mol. The normalized spacial score (nSPS) is 13.0. The zero-order valence-electron chi connectivity index (χ0n) is 5.84. The number of alkyl halides is 1. The van der Waals surface area contributed by atoms with E-state index in [2.05, 4.69) is 0 Å². The average Bonchev–Trinajstić information content (AvgIpc) is 1.89. The molecular formula is C6H11ClO3. The second-order valence-electron chi connectivity index (χ2n) is 1.79. The van der Waals surface area contributed by atoms with Crippen LogP contribution in [0.5, 0.6) is 0 Å². The lowest BCUT2D eigenvalue weighted by Gasteiger charge is -2.08. The molecule has 0 aromatic rings. The lowest BCUT2D eigenvalue weighted by Crippen LogP contribution is -2.23. The molecule has 0 aromatic heterocycles. The number of hydrogen-bond donors (Lipinski definition) is 1. The van der Waals surface area contributed by atoms with Gasteiger partial charge in [0.1, 0.15) is 0 Å². The summed E-state index contributed by atoms with van der Waals surface area (Å²) >= 11 is 5.29. The summed E-state index contributed by atoms with van der Waals surface area (Å²) in [7, 11) is 0. The molecule has 0 unspecified atom stereocenters. The summed E-state index contributed by atoms with van der Waals surface area (Å²) in [5.74, 6) is -0.586. The maximum Gasteiger partial charge on any atom is 0.332 e. The van der Waals surface area contributed by atoms with E-state index >= 15 is 0 Å². The van der Waals surface area contributed by atoms with Crippen LogP contribution in [0.4, 0.5) is 0 Å². The van der Waals surface area contributed by atoms with Crippen LogP contribution in [0.3, 0.4) is 0 Å². The second-order valence-corrected chi connectivity index (χ2v) is 2.17. The first-order valence-electron chi connectivity index (χ1n) is 3.12. The molecule has 0 aliphatic carbocycles. The Morgan fingerprint density at radius 3 is 2.70 bits per heavy atom. The average molecular weight is 167 g/mol. The number of rotatable bonds is 5. The highest BCUT2D eigenvalue weighted by atomic mass is 35.5. The van der Waals surface area contributed by atoms with Crippen molar-refractivity contribution in [1.82, 2.24) is 0 Å². The predicted octanol–water partition coefficient (Wildman–Crippen LogP) is 1.10. The zero-order chi connectivity index (χ0) is 7.98. The molecule has 0 amide bonds. The van der Waals surface area contributed by atoms with E-state index in [9.17, 15) is 4.79 Å². The van der Waals surface area contributed by atoms with Gasteiger partial charge in [-0.2, -0.15) is 0 Å². The van der Waals surface area contributed by atoms with Gasteiger partial charge in [0.25, 0.3) is 0 Å². The molecule has 10 heavy (non-hydrogen) atoms. The SMILES string of the molecule is CC[C@H](OCCCl)C(=O)O. The molecule has 0 fully saturated rings. The molecule has 0 bridgehead atoms. The van der Waals surface area contributed by atoms with Crippen LogP contribution < -0.4 is 0 Å². The van der Waals surface area contributed by atoms with Gasteiger partial charge in [0.15, 0.2) is 6.10 Å². The quantitative estimate of drug-likeness (QED) is 0.623. The highest BCUT2D eigenvalue weighted by Crippen LogP contribution is 1.97. The molecule has 0 aliphatic rings. The van der Waals surface area contributed by atoms with Crippen molar-refractivity contribution in [1.29, 1.82) is 0 Å². The Bertz CT molecular complexity index is 105. The molecule has 0 saturated heterocycles. The van der Waals surface area contributed by atoms with Gasteiger partial charge < -0.3 is 9.84 Å². The van der Waals surface area contributed by atoms with Crippen molar-refractivity contribution in [2.24, 2.45) is 0 Å². The van der Waals surface area contributed by atoms with E-state index in [-0.39, 0.29) is 0 Å². The highest BCUT2D eigenvalue weighted by Gasteiger charge is 2.13. The molecule has 0 heterocycles. The van der Waals surface area contributed by atoms with Gasteiger partial charge in [0, 0.05) is 5.88 Å². The molecule has 60 valence electrons. The van der Waals surface area contributed by atoms with E-state index in [0.29, 0.717) is 18.9 Å². The van der Waals surface area contributed by atoms with Gasteiger partial charge >= 0.3 is 5.97 Å². The van der Waals surface area contributed by atoms with Gasteiger partial charge in [0.2, 0.25) is 0 Å². The molecule has 0 radical (unpaired) electrons. The summed E-state index contributed by atoms with van der Waals surface area (Å²) in [4.78, 5) is 10.3. The summed E-state index contributed by atoms with van der Waals surface area (Å²) in [6.07, 6.45) is -0.217. The number of ether oxygens (including phenoxy) is 1. The van der Waals surface area contributed by atoms with Crippen molar-refractivity contribution in [3.63, 3.8) is 0 Å². The van der Waals surface area contributed by atoms with E-state index in [0.717, 1.165) is 0 Å². The number of carbonyl (C=O) groups is 1. The van der Waals surface area contributed by atoms with Crippen molar-refractivity contribution in [3.8, 4) is 0 Å². The third-order valence-corrected chi connectivity index (χ3v) is 1.20. The Morgan fingerprint density at radius 2 is 2.40 bits per heavy atom. The van der Waals surface area contributed by atoms with Gasteiger partial charge in [-0.15, -0.1) is 11.6 Å². The Morgan fingerprint density at radius 1 is 1.80 bits per heavy atom. The number of halogens is 1. The van der Waals surface area contributed by atoms with Crippen LogP contribution in [-0.2, 0) is 9.53 Å². The summed E-state index contributed by atoms with van der Waals surface area (Å²) in [6.45, 7) is 2.05. The van der Waals surface area contributed by atoms with E-state index in [4.69, 9.17) is 21.4 Å². The van der Waals surface area contributed by atoms with E-state index in [1.54, 1.807) is 6.92 Å². The van der Waals surface area contributed by atoms with Gasteiger partial charge in [0.05, 0.1) is 6.61 Å². The highest BCUT2D eigenvalue weighted by molar-refractivity contribution is 6.17. The van der Waals surface area contributed by atoms with Gasteiger partial charge in [-0.1, -0.05) is 6.92 Å². The molecule has 0 saturated carbocycles. The summed E-state index contributed by atoms with van der Waals surface area (Å²) in [5, 5.41) is 8.43. The van der Waals surface area contributed by atoms with E-state index < -0.39 is 12.1 Å². The fourth-order valence-corrected chi connectivity index (χ4v) is 0.640. The molecule has 4 heteroatoms. The van der Waals surface area contributed by atoms with Crippen LogP contribution in [0.1, 0.15) is 13.3 Å². The first-order chi connectivity index (χ1) is 4.72. The van der Waals surface area contributed by atoms with Gasteiger partial charge in [-0.3, -0.25) is 0 Å². The van der Waals surface area contributed by atoms with Crippen molar-refractivity contribution in [2.45, 2.75) is 19.4 Å². The molecule has 0 rings (SSSR count). The van der Waals surface area contributed by atoms with Crippen LogP contribution in [0.15, 0.2) is 0 Å². The molecule has 0 spiro atoms. The smallest absolute Gasteiger partial charge is 0.332 e. The second kappa shape index (κ2) is 5.50. The first kappa shape index (κ1) is 9.72. The zero-order valence-corrected chi connectivity index (χ0v) is 6.60. The summed E-state index contributed by atoms with van der Waals surface area (Å²) < 4.78 is 4.87. The minimum atomic E-state index is -0.924. The third kappa shape index (κ3) is 3.69. The molecular weight excluding hydrogens is 156 g/mol. The molecule has 0 aliphatic heterocycles. The number of aliphatic carboxylic acids is 1. The van der Waals surface area contributed by atoms with Crippen LogP contribution in [0.25, 0.3) is 0 Å². The minimum Gasteiger partial charge on any atom is -0.479 e. The van der Waals surface area contributed by atoms with Crippen LogP contribution >= 0.6 is 11.6 Å². The molecule has 1 atom stereocenters. The van der Waals surface area contributed by atoms with E-state index in [1.807, 2.05) is 0 Å². The Hall–Kier alpha value is -0.280. The Balaban J connectivity index is 3.50. The van der Waals surface area contributed by atoms with Crippen molar-refractivity contribution < 1.29 is 14.6 Å². The number of carboxylic acids is 1. The van der Waals surface area contributed by atoms with Crippen LogP contribution in [0.2, 0.25) is 0 Å². The Kier molecular flexibility index (Phi) is 5.35. The standard InChI is InChI=1S/C6H11ClO3/c1-2-5(6(8)9)10-4-3-7/h5H,2-4H2,1H3,(H,8,9)/t5-/m0/s1. The first-order valence-corrected chi connectivity index (χ1v) is 3.66. The summed E-state index contributed by atoms with van der Waals surface area (Å²) in [5.41, 5.74) is 0. The summed E-state index contributed by atoms with van der Waals surface area (Å²) in [6, 6.07) is 0. The van der Waals surface area contributed by atoms with E-state index in [1.165, 1.54) is 0 Å². The van der Waals surface area contributed by atoms with Crippen molar-refractivity contribution in [2.75, 3.05) is 12.5 Å². The fraction of sp³-hybridized carbons (Fsp3) is 0.833. The van der Waals surface area contributed by atoms with Crippen LogP contribution in [0, 0.1) is 0 Å².